The van der Waals surface area contributed by atoms with E-state index in [9.17, 15) is 13.2 Å². The number of carbonyl (C=O) groups is 1. The molecule has 6 nitrogen and oxygen atoms in total. The fraction of sp³-hybridized carbons (Fsp3) is 0.500. The lowest BCUT2D eigenvalue weighted by Crippen LogP contribution is -2.43. The number of sulfonamides is 1. The van der Waals surface area contributed by atoms with Crippen molar-refractivity contribution in [1.29, 1.82) is 0 Å². The van der Waals surface area contributed by atoms with Gasteiger partial charge in [0.15, 0.2) is 0 Å². The zero-order valence-electron chi connectivity index (χ0n) is 12.2. The van der Waals surface area contributed by atoms with Crippen LogP contribution in [0.5, 0.6) is 0 Å². The maximum Gasteiger partial charge on any atom is 0.303 e. The molecule has 0 bridgehead atoms. The Morgan fingerprint density at radius 2 is 1.81 bits per heavy atom. The number of rotatable bonds is 8. The van der Waals surface area contributed by atoms with Gasteiger partial charge in [-0.3, -0.25) is 4.79 Å². The van der Waals surface area contributed by atoms with Crippen molar-refractivity contribution in [3.8, 4) is 0 Å². The first-order valence-electron chi connectivity index (χ1n) is 6.62. The molecule has 21 heavy (non-hydrogen) atoms. The number of nitrogens with one attached hydrogen (secondary N) is 1. The Morgan fingerprint density at radius 3 is 2.29 bits per heavy atom. The van der Waals surface area contributed by atoms with Crippen molar-refractivity contribution in [2.45, 2.75) is 43.5 Å². The van der Waals surface area contributed by atoms with E-state index in [1.165, 1.54) is 12.1 Å². The molecule has 0 spiro atoms. The van der Waals surface area contributed by atoms with Gasteiger partial charge in [0.25, 0.3) is 0 Å². The van der Waals surface area contributed by atoms with Crippen molar-refractivity contribution in [2.75, 3.05) is 6.61 Å². The fourth-order valence-electron chi connectivity index (χ4n) is 1.84. The second kappa shape index (κ2) is 7.02. The van der Waals surface area contributed by atoms with Crippen LogP contribution in [0.25, 0.3) is 0 Å². The van der Waals surface area contributed by atoms with Crippen LogP contribution < -0.4 is 4.72 Å². The summed E-state index contributed by atoms with van der Waals surface area (Å²) < 4.78 is 27.0. The first-order chi connectivity index (χ1) is 9.66. The van der Waals surface area contributed by atoms with Gasteiger partial charge >= 0.3 is 5.97 Å². The average Bonchev–Trinajstić information content (AvgIpc) is 2.35. The molecule has 0 atom stereocenters. The number of carboxylic acid groups (broad SMARTS) is 1. The molecule has 7 heteroatoms. The Morgan fingerprint density at radius 1 is 1.24 bits per heavy atom. The largest absolute Gasteiger partial charge is 0.481 e. The number of aliphatic hydroxyl groups is 1. The summed E-state index contributed by atoms with van der Waals surface area (Å²) in [6.07, 6.45) is 0.676. The van der Waals surface area contributed by atoms with E-state index in [0.29, 0.717) is 12.8 Å². The molecule has 0 aliphatic rings. The fourth-order valence-corrected chi connectivity index (χ4v) is 3.28. The standard InChI is InChI=1S/C14H21NO5S/c1-14(2,9-10-16)15-21(19,20)12-6-3-11(4-7-12)5-8-13(17)18/h3-4,6-7,15-16H,5,8-10H2,1-2H3,(H,17,18). The monoisotopic (exact) mass is 315 g/mol. The van der Waals surface area contributed by atoms with Gasteiger partial charge in [-0.05, 0) is 44.4 Å². The summed E-state index contributed by atoms with van der Waals surface area (Å²) in [5.74, 6) is -0.890. The molecule has 0 aromatic heterocycles. The maximum atomic E-state index is 12.2. The summed E-state index contributed by atoms with van der Waals surface area (Å²) in [4.78, 5) is 10.6. The van der Waals surface area contributed by atoms with Gasteiger partial charge in [-0.25, -0.2) is 13.1 Å². The Bertz CT molecular complexity index is 578. The summed E-state index contributed by atoms with van der Waals surface area (Å²) in [5.41, 5.74) is 0.0289. The number of aryl methyl sites for hydroxylation is 1. The van der Waals surface area contributed by atoms with Crippen molar-refractivity contribution >= 4 is 16.0 Å². The predicted octanol–water partition coefficient (Wildman–Crippen LogP) is 1.14. The Labute approximate surface area is 124 Å². The second-order valence-electron chi connectivity index (χ2n) is 5.50. The molecule has 0 amide bonds. The van der Waals surface area contributed by atoms with Gasteiger partial charge in [0.1, 0.15) is 0 Å². The van der Waals surface area contributed by atoms with Crippen LogP contribution in [-0.2, 0) is 21.2 Å². The molecular formula is C14H21NO5S. The molecular weight excluding hydrogens is 294 g/mol. The quantitative estimate of drug-likeness (QED) is 0.667. The number of benzene rings is 1. The predicted molar refractivity (Wildman–Crippen MR) is 78.5 cm³/mol. The summed E-state index contributed by atoms with van der Waals surface area (Å²) in [6, 6.07) is 6.12. The van der Waals surface area contributed by atoms with E-state index in [4.69, 9.17) is 10.2 Å². The highest BCUT2D eigenvalue weighted by Gasteiger charge is 2.25. The maximum absolute atomic E-state index is 12.2. The van der Waals surface area contributed by atoms with E-state index < -0.39 is 21.5 Å². The van der Waals surface area contributed by atoms with Crippen molar-refractivity contribution in [3.63, 3.8) is 0 Å². The van der Waals surface area contributed by atoms with Crippen molar-refractivity contribution in [1.82, 2.24) is 4.72 Å². The third-order valence-corrected chi connectivity index (χ3v) is 4.72. The molecule has 0 radical (unpaired) electrons. The highest BCUT2D eigenvalue weighted by molar-refractivity contribution is 7.89. The second-order valence-corrected chi connectivity index (χ2v) is 7.18. The molecule has 0 saturated heterocycles. The molecule has 0 unspecified atom stereocenters. The summed E-state index contributed by atoms with van der Waals surface area (Å²) in [7, 11) is -3.67. The van der Waals surface area contributed by atoms with Crippen LogP contribution in [0.15, 0.2) is 29.2 Å². The van der Waals surface area contributed by atoms with Crippen LogP contribution in [-0.4, -0.2) is 36.7 Å². The van der Waals surface area contributed by atoms with E-state index in [-0.39, 0.29) is 17.9 Å². The van der Waals surface area contributed by atoms with Gasteiger partial charge in [0.2, 0.25) is 10.0 Å². The topological polar surface area (TPSA) is 104 Å². The lowest BCUT2D eigenvalue weighted by molar-refractivity contribution is -0.136. The molecule has 1 aromatic rings. The third-order valence-electron chi connectivity index (χ3n) is 3.01. The lowest BCUT2D eigenvalue weighted by atomic mass is 10.0. The molecule has 0 heterocycles. The highest BCUT2D eigenvalue weighted by atomic mass is 32.2. The summed E-state index contributed by atoms with van der Waals surface area (Å²) >= 11 is 0. The molecule has 0 aliphatic carbocycles. The number of aliphatic hydroxyl groups excluding tert-OH is 1. The van der Waals surface area contributed by atoms with E-state index in [0.717, 1.165) is 5.56 Å². The Hall–Kier alpha value is -1.44. The van der Waals surface area contributed by atoms with E-state index in [2.05, 4.69) is 4.72 Å². The SMILES string of the molecule is CC(C)(CCO)NS(=O)(=O)c1ccc(CCC(=O)O)cc1. The number of aliphatic carboxylic acids is 1. The van der Waals surface area contributed by atoms with Crippen LogP contribution >= 0.6 is 0 Å². The van der Waals surface area contributed by atoms with Crippen LogP contribution in [0.1, 0.15) is 32.3 Å². The molecule has 0 saturated carbocycles. The lowest BCUT2D eigenvalue weighted by Gasteiger charge is -2.25. The molecule has 0 aliphatic heterocycles. The van der Waals surface area contributed by atoms with Crippen molar-refractivity contribution in [3.05, 3.63) is 29.8 Å². The van der Waals surface area contributed by atoms with Gasteiger partial charge in [0, 0.05) is 18.6 Å². The molecule has 0 fully saturated rings. The van der Waals surface area contributed by atoms with Gasteiger partial charge in [-0.1, -0.05) is 12.1 Å². The normalized spacial score (nSPS) is 12.3. The third kappa shape index (κ3) is 5.82. The number of carboxylic acids is 1. The summed E-state index contributed by atoms with van der Waals surface area (Å²) in [5, 5.41) is 17.5. The summed E-state index contributed by atoms with van der Waals surface area (Å²) in [6.45, 7) is 3.29. The van der Waals surface area contributed by atoms with Gasteiger partial charge < -0.3 is 10.2 Å². The molecule has 1 rings (SSSR count). The van der Waals surface area contributed by atoms with E-state index in [1.54, 1.807) is 26.0 Å². The van der Waals surface area contributed by atoms with Gasteiger partial charge in [-0.15, -0.1) is 0 Å². The van der Waals surface area contributed by atoms with Crippen LogP contribution in [0.2, 0.25) is 0 Å². The van der Waals surface area contributed by atoms with E-state index >= 15 is 0 Å². The molecule has 3 N–H and O–H groups in total. The molecule has 118 valence electrons. The van der Waals surface area contributed by atoms with Crippen molar-refractivity contribution < 1.29 is 23.4 Å². The van der Waals surface area contributed by atoms with E-state index in [1.807, 2.05) is 0 Å². The minimum atomic E-state index is -3.67. The average molecular weight is 315 g/mol. The zero-order chi connectivity index (χ0) is 16.1. The number of hydrogen-bond acceptors (Lipinski definition) is 4. The Kier molecular flexibility index (Phi) is 5.88. The minimum Gasteiger partial charge on any atom is -0.481 e. The Balaban J connectivity index is 2.82. The number of hydrogen-bond donors (Lipinski definition) is 3. The first kappa shape index (κ1) is 17.6. The van der Waals surface area contributed by atoms with Crippen LogP contribution in [0, 0.1) is 0 Å². The van der Waals surface area contributed by atoms with Crippen molar-refractivity contribution in [2.24, 2.45) is 0 Å². The smallest absolute Gasteiger partial charge is 0.303 e. The van der Waals surface area contributed by atoms with Gasteiger partial charge in [0.05, 0.1) is 4.90 Å². The molecule has 1 aromatic carbocycles. The first-order valence-corrected chi connectivity index (χ1v) is 8.10. The zero-order valence-corrected chi connectivity index (χ0v) is 13.0. The van der Waals surface area contributed by atoms with Crippen LogP contribution in [0.3, 0.4) is 0 Å². The highest BCUT2D eigenvalue weighted by Crippen LogP contribution is 2.16. The minimum absolute atomic E-state index is 0.00782. The van der Waals surface area contributed by atoms with Gasteiger partial charge in [-0.2, -0.15) is 0 Å². The van der Waals surface area contributed by atoms with Crippen LogP contribution in [0.4, 0.5) is 0 Å².